The van der Waals surface area contributed by atoms with Crippen molar-refractivity contribution < 1.29 is 9.18 Å². The molecule has 0 aliphatic rings. The summed E-state index contributed by atoms with van der Waals surface area (Å²) < 4.78 is 13.0. The van der Waals surface area contributed by atoms with Gasteiger partial charge in [-0.1, -0.05) is 6.07 Å². The SMILES string of the molecule is Cc1[nH]c(=O)[nH]c(=O)c1CCC(=O)Nc1cccc(F)c1. The van der Waals surface area contributed by atoms with Crippen LogP contribution in [0.2, 0.25) is 0 Å². The van der Waals surface area contributed by atoms with Crippen molar-refractivity contribution in [2.75, 3.05) is 5.32 Å². The number of H-pyrrole nitrogens is 2. The molecule has 0 atom stereocenters. The van der Waals surface area contributed by atoms with Crippen molar-refractivity contribution in [1.29, 1.82) is 0 Å². The predicted octanol–water partition coefficient (Wildman–Crippen LogP) is 1.08. The van der Waals surface area contributed by atoms with Gasteiger partial charge in [-0.25, -0.2) is 9.18 Å². The van der Waals surface area contributed by atoms with Crippen molar-refractivity contribution in [3.05, 3.63) is 62.2 Å². The van der Waals surface area contributed by atoms with Gasteiger partial charge in [-0.15, -0.1) is 0 Å². The minimum Gasteiger partial charge on any atom is -0.326 e. The molecule has 1 aromatic carbocycles. The van der Waals surface area contributed by atoms with Gasteiger partial charge >= 0.3 is 5.69 Å². The summed E-state index contributed by atoms with van der Waals surface area (Å²) in [7, 11) is 0. The Hall–Kier alpha value is -2.70. The normalized spacial score (nSPS) is 10.4. The minimum atomic E-state index is -0.578. The number of halogens is 1. The summed E-state index contributed by atoms with van der Waals surface area (Å²) in [6.07, 6.45) is 0.228. The van der Waals surface area contributed by atoms with E-state index in [1.54, 1.807) is 13.0 Å². The Kier molecular flexibility index (Phi) is 4.32. The molecule has 1 heterocycles. The van der Waals surface area contributed by atoms with E-state index in [0.29, 0.717) is 16.9 Å². The molecule has 0 saturated heterocycles. The third-order valence-corrected chi connectivity index (χ3v) is 2.97. The lowest BCUT2D eigenvalue weighted by Crippen LogP contribution is -2.27. The Morgan fingerprint density at radius 2 is 2.05 bits per heavy atom. The molecule has 0 radical (unpaired) electrons. The highest BCUT2D eigenvalue weighted by molar-refractivity contribution is 5.90. The lowest BCUT2D eigenvalue weighted by molar-refractivity contribution is -0.116. The predicted molar refractivity (Wildman–Crippen MR) is 75.8 cm³/mol. The maximum absolute atomic E-state index is 13.0. The molecule has 21 heavy (non-hydrogen) atoms. The van der Waals surface area contributed by atoms with Crippen LogP contribution >= 0.6 is 0 Å². The van der Waals surface area contributed by atoms with E-state index < -0.39 is 17.1 Å². The van der Waals surface area contributed by atoms with Crippen molar-refractivity contribution >= 4 is 11.6 Å². The molecule has 0 spiro atoms. The first kappa shape index (κ1) is 14.7. The Labute approximate surface area is 119 Å². The highest BCUT2D eigenvalue weighted by Crippen LogP contribution is 2.10. The molecule has 7 heteroatoms. The van der Waals surface area contributed by atoms with Crippen molar-refractivity contribution in [2.24, 2.45) is 0 Å². The zero-order chi connectivity index (χ0) is 15.4. The molecule has 2 rings (SSSR count). The van der Waals surface area contributed by atoms with Gasteiger partial charge in [-0.2, -0.15) is 0 Å². The van der Waals surface area contributed by atoms with Crippen molar-refractivity contribution in [1.82, 2.24) is 9.97 Å². The molecule has 110 valence electrons. The molecule has 3 N–H and O–H groups in total. The zero-order valence-corrected chi connectivity index (χ0v) is 11.3. The van der Waals surface area contributed by atoms with Crippen LogP contribution in [-0.2, 0) is 11.2 Å². The van der Waals surface area contributed by atoms with Gasteiger partial charge in [0.2, 0.25) is 5.91 Å². The quantitative estimate of drug-likeness (QED) is 0.786. The van der Waals surface area contributed by atoms with Crippen molar-refractivity contribution in [2.45, 2.75) is 19.8 Å². The van der Waals surface area contributed by atoms with Gasteiger partial charge in [-0.3, -0.25) is 14.6 Å². The number of nitrogens with one attached hydrogen (secondary N) is 3. The number of benzene rings is 1. The average Bonchev–Trinajstić information content (AvgIpc) is 2.37. The third kappa shape index (κ3) is 3.88. The van der Waals surface area contributed by atoms with Crippen LogP contribution in [0.1, 0.15) is 17.7 Å². The van der Waals surface area contributed by atoms with Crippen molar-refractivity contribution in [3.8, 4) is 0 Å². The first-order valence-electron chi connectivity index (χ1n) is 6.33. The molecule has 1 aromatic heterocycles. The van der Waals surface area contributed by atoms with E-state index in [2.05, 4.69) is 15.3 Å². The Morgan fingerprint density at radius 3 is 2.71 bits per heavy atom. The van der Waals surface area contributed by atoms with E-state index in [4.69, 9.17) is 0 Å². The standard InChI is InChI=1S/C14H14FN3O3/c1-8-11(13(20)18-14(21)16-8)5-6-12(19)17-10-4-2-3-9(15)7-10/h2-4,7H,5-6H2,1H3,(H,17,19)(H2,16,18,20,21). The maximum Gasteiger partial charge on any atom is 0.325 e. The van der Waals surface area contributed by atoms with Crippen LogP contribution in [0.25, 0.3) is 0 Å². The summed E-state index contributed by atoms with van der Waals surface area (Å²) in [5.41, 5.74) is 0.0543. The molecule has 0 fully saturated rings. The smallest absolute Gasteiger partial charge is 0.325 e. The van der Waals surface area contributed by atoms with E-state index in [0.717, 1.165) is 0 Å². The summed E-state index contributed by atoms with van der Waals surface area (Å²) in [5.74, 6) is -0.786. The number of rotatable bonds is 4. The van der Waals surface area contributed by atoms with Gasteiger partial charge in [0.05, 0.1) is 0 Å². The number of aromatic nitrogens is 2. The van der Waals surface area contributed by atoms with Gasteiger partial charge in [-0.05, 0) is 31.5 Å². The van der Waals surface area contributed by atoms with E-state index in [1.165, 1.54) is 18.2 Å². The van der Waals surface area contributed by atoms with E-state index in [9.17, 15) is 18.8 Å². The fraction of sp³-hybridized carbons (Fsp3) is 0.214. The second-order valence-corrected chi connectivity index (χ2v) is 4.57. The number of amides is 1. The lowest BCUT2D eigenvalue weighted by atomic mass is 10.1. The Balaban J connectivity index is 2.02. The zero-order valence-electron chi connectivity index (χ0n) is 11.3. The molecule has 6 nitrogen and oxygen atoms in total. The van der Waals surface area contributed by atoms with Crippen LogP contribution in [0.5, 0.6) is 0 Å². The van der Waals surface area contributed by atoms with Crippen LogP contribution < -0.4 is 16.6 Å². The van der Waals surface area contributed by atoms with Crippen molar-refractivity contribution in [3.63, 3.8) is 0 Å². The Morgan fingerprint density at radius 1 is 1.29 bits per heavy atom. The molecule has 0 aliphatic carbocycles. The molecular formula is C14H14FN3O3. The summed E-state index contributed by atoms with van der Waals surface area (Å²) in [6.45, 7) is 1.59. The van der Waals surface area contributed by atoms with Gasteiger partial charge in [0, 0.05) is 23.4 Å². The molecule has 0 bridgehead atoms. The van der Waals surface area contributed by atoms with Crippen LogP contribution in [0.15, 0.2) is 33.9 Å². The first-order valence-corrected chi connectivity index (χ1v) is 6.33. The molecule has 0 aliphatic heterocycles. The average molecular weight is 291 g/mol. The number of aromatic amines is 2. The third-order valence-electron chi connectivity index (χ3n) is 2.97. The number of anilines is 1. The van der Waals surface area contributed by atoms with Gasteiger partial charge in [0.1, 0.15) is 5.82 Å². The lowest BCUT2D eigenvalue weighted by Gasteiger charge is -2.06. The fourth-order valence-electron chi connectivity index (χ4n) is 1.96. The monoisotopic (exact) mass is 291 g/mol. The molecule has 2 aromatic rings. The topological polar surface area (TPSA) is 94.8 Å². The van der Waals surface area contributed by atoms with E-state index in [1.807, 2.05) is 0 Å². The number of hydrogen-bond acceptors (Lipinski definition) is 3. The van der Waals surface area contributed by atoms with Crippen LogP contribution in [0.4, 0.5) is 10.1 Å². The highest BCUT2D eigenvalue weighted by atomic mass is 19.1. The van der Waals surface area contributed by atoms with E-state index in [-0.39, 0.29) is 18.7 Å². The minimum absolute atomic E-state index is 0.0481. The fourth-order valence-corrected chi connectivity index (χ4v) is 1.96. The van der Waals surface area contributed by atoms with Gasteiger partial charge in [0.15, 0.2) is 0 Å². The summed E-state index contributed by atoms with van der Waals surface area (Å²) >= 11 is 0. The van der Waals surface area contributed by atoms with Gasteiger partial charge < -0.3 is 10.3 Å². The van der Waals surface area contributed by atoms with Crippen LogP contribution in [0, 0.1) is 12.7 Å². The summed E-state index contributed by atoms with van der Waals surface area (Å²) in [4.78, 5) is 39.0. The summed E-state index contributed by atoms with van der Waals surface area (Å²) in [5, 5.41) is 2.54. The summed E-state index contributed by atoms with van der Waals surface area (Å²) in [6, 6.07) is 5.54. The molecular weight excluding hydrogens is 277 g/mol. The van der Waals surface area contributed by atoms with Crippen LogP contribution in [-0.4, -0.2) is 15.9 Å². The molecule has 0 saturated carbocycles. The number of carbonyl (C=O) groups excluding carboxylic acids is 1. The highest BCUT2D eigenvalue weighted by Gasteiger charge is 2.09. The second kappa shape index (κ2) is 6.17. The number of carbonyl (C=O) groups is 1. The largest absolute Gasteiger partial charge is 0.326 e. The van der Waals surface area contributed by atoms with Crippen LogP contribution in [0.3, 0.4) is 0 Å². The molecule has 1 amide bonds. The maximum atomic E-state index is 13.0. The van der Waals surface area contributed by atoms with E-state index >= 15 is 0 Å². The first-order chi connectivity index (χ1) is 9.95. The Bertz CT molecular complexity index is 780. The molecule has 0 unspecified atom stereocenters. The number of hydrogen-bond donors (Lipinski definition) is 3. The second-order valence-electron chi connectivity index (χ2n) is 4.57. The van der Waals surface area contributed by atoms with Gasteiger partial charge in [0.25, 0.3) is 5.56 Å². The number of aryl methyl sites for hydroxylation is 1.